The molecule has 0 saturated heterocycles. The van der Waals surface area contributed by atoms with E-state index in [1.54, 1.807) is 0 Å². The first kappa shape index (κ1) is 10.4. The first-order valence-corrected chi connectivity index (χ1v) is 6.34. The van der Waals surface area contributed by atoms with Crippen LogP contribution in [0, 0.1) is 0 Å². The van der Waals surface area contributed by atoms with Gasteiger partial charge >= 0.3 is 0 Å². The second-order valence-electron chi connectivity index (χ2n) is 4.78. The number of hydrogen-bond donors (Lipinski definition) is 1. The maximum Gasteiger partial charge on any atom is 0.0113 e. The molecule has 0 aromatic heterocycles. The highest BCUT2D eigenvalue weighted by Gasteiger charge is 2.36. The molecule has 0 aromatic carbocycles. The third-order valence-electron chi connectivity index (χ3n) is 3.75. The minimum Gasteiger partial charge on any atom is -0.314 e. The zero-order valence-corrected chi connectivity index (χ0v) is 9.63. The van der Waals surface area contributed by atoms with Crippen molar-refractivity contribution in [2.75, 3.05) is 13.1 Å². The Balaban J connectivity index is 1.80. The van der Waals surface area contributed by atoms with Crippen molar-refractivity contribution < 1.29 is 0 Å². The summed E-state index contributed by atoms with van der Waals surface area (Å²) in [5, 5.41) is 3.59. The lowest BCUT2D eigenvalue weighted by molar-refractivity contribution is 0.196. The van der Waals surface area contributed by atoms with E-state index >= 15 is 0 Å². The molecule has 0 heterocycles. The molecule has 2 fully saturated rings. The Kier molecular flexibility index (Phi) is 3.45. The molecule has 2 aliphatic rings. The standard InChI is InChI=1S/C12H24N2/c1-3-13-10-5-6-12(9-10)14(4-2)11-7-8-11/h10-13H,3-9H2,1-2H3. The van der Waals surface area contributed by atoms with E-state index in [0.717, 1.165) is 24.7 Å². The van der Waals surface area contributed by atoms with Gasteiger partial charge in [-0.15, -0.1) is 0 Å². The summed E-state index contributed by atoms with van der Waals surface area (Å²) in [4.78, 5) is 2.75. The smallest absolute Gasteiger partial charge is 0.0113 e. The van der Waals surface area contributed by atoms with Crippen LogP contribution in [0.25, 0.3) is 0 Å². The fourth-order valence-corrected chi connectivity index (χ4v) is 2.95. The van der Waals surface area contributed by atoms with Gasteiger partial charge in [0.25, 0.3) is 0 Å². The van der Waals surface area contributed by atoms with E-state index in [1.165, 1.54) is 38.6 Å². The van der Waals surface area contributed by atoms with E-state index in [-0.39, 0.29) is 0 Å². The van der Waals surface area contributed by atoms with Crippen LogP contribution in [0.2, 0.25) is 0 Å². The van der Waals surface area contributed by atoms with Gasteiger partial charge in [0.05, 0.1) is 0 Å². The topological polar surface area (TPSA) is 15.3 Å². The molecule has 0 amide bonds. The van der Waals surface area contributed by atoms with Crippen molar-refractivity contribution in [1.82, 2.24) is 10.2 Å². The van der Waals surface area contributed by atoms with Crippen molar-refractivity contribution in [1.29, 1.82) is 0 Å². The van der Waals surface area contributed by atoms with Crippen LogP contribution in [-0.4, -0.2) is 36.1 Å². The quantitative estimate of drug-likeness (QED) is 0.723. The van der Waals surface area contributed by atoms with Crippen molar-refractivity contribution >= 4 is 0 Å². The van der Waals surface area contributed by atoms with Gasteiger partial charge in [-0.2, -0.15) is 0 Å². The van der Waals surface area contributed by atoms with Crippen molar-refractivity contribution in [2.45, 2.75) is 64.1 Å². The Bertz CT molecular complexity index is 177. The van der Waals surface area contributed by atoms with Gasteiger partial charge in [-0.25, -0.2) is 0 Å². The van der Waals surface area contributed by atoms with Crippen molar-refractivity contribution in [3.8, 4) is 0 Å². The molecule has 14 heavy (non-hydrogen) atoms. The summed E-state index contributed by atoms with van der Waals surface area (Å²) in [5.74, 6) is 0. The third-order valence-corrected chi connectivity index (χ3v) is 3.75. The van der Waals surface area contributed by atoms with Gasteiger partial charge in [0.2, 0.25) is 0 Å². The van der Waals surface area contributed by atoms with E-state index in [0.29, 0.717) is 0 Å². The fraction of sp³-hybridized carbons (Fsp3) is 1.00. The van der Waals surface area contributed by atoms with Crippen LogP contribution in [0.3, 0.4) is 0 Å². The maximum absolute atomic E-state index is 3.59. The normalized spacial score (nSPS) is 32.8. The molecule has 82 valence electrons. The monoisotopic (exact) mass is 196 g/mol. The molecular weight excluding hydrogens is 172 g/mol. The van der Waals surface area contributed by atoms with Crippen LogP contribution in [-0.2, 0) is 0 Å². The lowest BCUT2D eigenvalue weighted by atomic mass is 10.2. The van der Waals surface area contributed by atoms with Crippen LogP contribution in [0.1, 0.15) is 46.0 Å². The van der Waals surface area contributed by atoms with Gasteiger partial charge in [-0.1, -0.05) is 13.8 Å². The molecule has 2 atom stereocenters. The highest BCUT2D eigenvalue weighted by molar-refractivity contribution is 4.93. The number of rotatable bonds is 5. The molecule has 2 aliphatic carbocycles. The highest BCUT2D eigenvalue weighted by Crippen LogP contribution is 2.34. The molecule has 2 nitrogen and oxygen atoms in total. The van der Waals surface area contributed by atoms with E-state index in [9.17, 15) is 0 Å². The van der Waals surface area contributed by atoms with E-state index in [2.05, 4.69) is 24.1 Å². The van der Waals surface area contributed by atoms with Crippen molar-refractivity contribution in [3.63, 3.8) is 0 Å². The lowest BCUT2D eigenvalue weighted by Crippen LogP contribution is -2.37. The predicted octanol–water partition coefficient (Wildman–Crippen LogP) is 2.00. The van der Waals surface area contributed by atoms with Crippen LogP contribution in [0.5, 0.6) is 0 Å². The average molecular weight is 196 g/mol. The summed E-state index contributed by atoms with van der Waals surface area (Å²) in [7, 11) is 0. The zero-order chi connectivity index (χ0) is 9.97. The number of nitrogens with zero attached hydrogens (tertiary/aromatic N) is 1. The summed E-state index contributed by atoms with van der Waals surface area (Å²) in [6.45, 7) is 6.92. The second-order valence-corrected chi connectivity index (χ2v) is 4.78. The Morgan fingerprint density at radius 3 is 2.36 bits per heavy atom. The highest BCUT2D eigenvalue weighted by atomic mass is 15.2. The van der Waals surface area contributed by atoms with E-state index < -0.39 is 0 Å². The predicted molar refractivity (Wildman–Crippen MR) is 60.5 cm³/mol. The summed E-state index contributed by atoms with van der Waals surface area (Å²) in [5.41, 5.74) is 0. The Hall–Kier alpha value is -0.0800. The van der Waals surface area contributed by atoms with E-state index in [4.69, 9.17) is 0 Å². The van der Waals surface area contributed by atoms with Gasteiger partial charge in [0, 0.05) is 18.1 Å². The van der Waals surface area contributed by atoms with Crippen molar-refractivity contribution in [2.24, 2.45) is 0 Å². The molecule has 2 saturated carbocycles. The van der Waals surface area contributed by atoms with Gasteiger partial charge in [0.1, 0.15) is 0 Å². The Morgan fingerprint density at radius 2 is 1.79 bits per heavy atom. The minimum absolute atomic E-state index is 0.804. The molecule has 1 N–H and O–H groups in total. The summed E-state index contributed by atoms with van der Waals surface area (Å²) >= 11 is 0. The first-order chi connectivity index (χ1) is 6.85. The molecule has 0 bridgehead atoms. The summed E-state index contributed by atoms with van der Waals surface area (Å²) < 4.78 is 0. The molecule has 0 aromatic rings. The third kappa shape index (κ3) is 2.29. The molecule has 2 heteroatoms. The molecule has 0 aliphatic heterocycles. The number of hydrogen-bond acceptors (Lipinski definition) is 2. The molecule has 2 unspecified atom stereocenters. The Labute approximate surface area is 88.1 Å². The molecule has 2 rings (SSSR count). The van der Waals surface area contributed by atoms with Crippen molar-refractivity contribution in [3.05, 3.63) is 0 Å². The maximum atomic E-state index is 3.59. The summed E-state index contributed by atoms with van der Waals surface area (Å²) in [6, 6.07) is 2.64. The van der Waals surface area contributed by atoms with Gasteiger partial charge in [-0.3, -0.25) is 4.90 Å². The van der Waals surface area contributed by atoms with Crippen LogP contribution in [0.15, 0.2) is 0 Å². The molecular formula is C12H24N2. The van der Waals surface area contributed by atoms with Gasteiger partial charge in [0.15, 0.2) is 0 Å². The van der Waals surface area contributed by atoms with Crippen LogP contribution in [0.4, 0.5) is 0 Å². The van der Waals surface area contributed by atoms with Gasteiger partial charge in [-0.05, 0) is 45.2 Å². The largest absolute Gasteiger partial charge is 0.314 e. The lowest BCUT2D eigenvalue weighted by Gasteiger charge is -2.27. The Morgan fingerprint density at radius 1 is 1.07 bits per heavy atom. The van der Waals surface area contributed by atoms with Crippen LogP contribution < -0.4 is 5.32 Å². The minimum atomic E-state index is 0.804. The molecule has 0 radical (unpaired) electrons. The second kappa shape index (κ2) is 4.63. The molecule has 0 spiro atoms. The fourth-order valence-electron chi connectivity index (χ4n) is 2.95. The average Bonchev–Trinajstić information content (AvgIpc) is 2.90. The SMILES string of the molecule is CCNC1CCC(N(CC)C2CC2)C1. The number of nitrogens with one attached hydrogen (secondary N) is 1. The van der Waals surface area contributed by atoms with Gasteiger partial charge < -0.3 is 5.32 Å². The first-order valence-electron chi connectivity index (χ1n) is 6.34. The zero-order valence-electron chi connectivity index (χ0n) is 9.63. The van der Waals surface area contributed by atoms with Crippen LogP contribution >= 0.6 is 0 Å². The summed E-state index contributed by atoms with van der Waals surface area (Å²) in [6.07, 6.45) is 7.11. The van der Waals surface area contributed by atoms with E-state index in [1.807, 2.05) is 0 Å².